The lowest BCUT2D eigenvalue weighted by Crippen LogP contribution is -2.19. The van der Waals surface area contributed by atoms with Gasteiger partial charge in [0.25, 0.3) is 0 Å². The van der Waals surface area contributed by atoms with Gasteiger partial charge in [-0.2, -0.15) is 0 Å². The fraction of sp³-hybridized carbons (Fsp3) is 0.308. The Morgan fingerprint density at radius 2 is 2.25 bits per heavy atom. The summed E-state index contributed by atoms with van der Waals surface area (Å²) in [6, 6.07) is 6.95. The Hall–Kier alpha value is -1.95. The van der Waals surface area contributed by atoms with Gasteiger partial charge in [-0.25, -0.2) is 4.79 Å². The number of aromatic carboxylic acids is 1. The molecule has 0 aliphatic heterocycles. The van der Waals surface area contributed by atoms with Crippen molar-refractivity contribution < 1.29 is 9.90 Å². The van der Waals surface area contributed by atoms with Crippen LogP contribution in [0, 0.1) is 12.3 Å². The first-order valence-corrected chi connectivity index (χ1v) is 5.21. The van der Waals surface area contributed by atoms with Gasteiger partial charge in [0.1, 0.15) is 0 Å². The molecule has 1 atom stereocenters. The number of hydrogen-bond acceptors (Lipinski definition) is 2. The van der Waals surface area contributed by atoms with Crippen LogP contribution in [-0.4, -0.2) is 17.1 Å². The van der Waals surface area contributed by atoms with E-state index < -0.39 is 5.97 Å². The number of benzene rings is 1. The fourth-order valence-electron chi connectivity index (χ4n) is 1.46. The van der Waals surface area contributed by atoms with Crippen LogP contribution in [0.15, 0.2) is 24.3 Å². The molecule has 0 aliphatic rings. The molecule has 0 radical (unpaired) electrons. The van der Waals surface area contributed by atoms with Gasteiger partial charge in [0, 0.05) is 18.2 Å². The average molecular weight is 217 g/mol. The first-order valence-electron chi connectivity index (χ1n) is 5.21. The van der Waals surface area contributed by atoms with Crippen molar-refractivity contribution in [3.63, 3.8) is 0 Å². The number of anilines is 1. The third-order valence-corrected chi connectivity index (χ3v) is 2.37. The van der Waals surface area contributed by atoms with Crippen molar-refractivity contribution in [2.45, 2.75) is 25.8 Å². The van der Waals surface area contributed by atoms with E-state index in [0.717, 1.165) is 6.42 Å². The Labute approximate surface area is 95.5 Å². The Bertz CT molecular complexity index is 407. The molecule has 1 aromatic rings. The molecule has 1 aromatic carbocycles. The minimum Gasteiger partial charge on any atom is -0.478 e. The van der Waals surface area contributed by atoms with Crippen LogP contribution in [-0.2, 0) is 0 Å². The monoisotopic (exact) mass is 217 g/mol. The maximum Gasteiger partial charge on any atom is 0.337 e. The minimum absolute atomic E-state index is 0.116. The predicted molar refractivity (Wildman–Crippen MR) is 64.6 cm³/mol. The van der Waals surface area contributed by atoms with E-state index in [0.29, 0.717) is 12.1 Å². The Morgan fingerprint density at radius 1 is 1.56 bits per heavy atom. The molecule has 1 unspecified atom stereocenters. The van der Waals surface area contributed by atoms with Crippen molar-refractivity contribution in [2.75, 3.05) is 5.32 Å². The van der Waals surface area contributed by atoms with Gasteiger partial charge in [-0.3, -0.25) is 0 Å². The number of para-hydroxylation sites is 1. The highest BCUT2D eigenvalue weighted by Gasteiger charge is 2.11. The second-order valence-electron chi connectivity index (χ2n) is 3.51. The van der Waals surface area contributed by atoms with Crippen LogP contribution in [0.4, 0.5) is 5.69 Å². The van der Waals surface area contributed by atoms with E-state index in [1.807, 2.05) is 6.92 Å². The highest BCUT2D eigenvalue weighted by molar-refractivity contribution is 5.94. The lowest BCUT2D eigenvalue weighted by Gasteiger charge is -2.17. The van der Waals surface area contributed by atoms with Crippen molar-refractivity contribution >= 4 is 11.7 Å². The van der Waals surface area contributed by atoms with Crippen molar-refractivity contribution in [1.82, 2.24) is 0 Å². The second kappa shape index (κ2) is 5.82. The molecule has 3 nitrogen and oxygen atoms in total. The quantitative estimate of drug-likeness (QED) is 0.745. The van der Waals surface area contributed by atoms with E-state index in [9.17, 15) is 4.79 Å². The smallest absolute Gasteiger partial charge is 0.337 e. The Kier molecular flexibility index (Phi) is 4.41. The van der Waals surface area contributed by atoms with Crippen LogP contribution >= 0.6 is 0 Å². The molecule has 0 fully saturated rings. The number of rotatable bonds is 5. The third kappa shape index (κ3) is 3.03. The second-order valence-corrected chi connectivity index (χ2v) is 3.51. The molecule has 3 heteroatoms. The van der Waals surface area contributed by atoms with Gasteiger partial charge in [0.2, 0.25) is 0 Å². The third-order valence-electron chi connectivity index (χ3n) is 2.37. The lowest BCUT2D eigenvalue weighted by molar-refractivity contribution is 0.0698. The summed E-state index contributed by atoms with van der Waals surface area (Å²) in [7, 11) is 0. The fourth-order valence-corrected chi connectivity index (χ4v) is 1.46. The van der Waals surface area contributed by atoms with E-state index in [1.165, 1.54) is 0 Å². The number of terminal acetylenes is 1. The molecule has 0 heterocycles. The van der Waals surface area contributed by atoms with Crippen molar-refractivity contribution in [2.24, 2.45) is 0 Å². The van der Waals surface area contributed by atoms with Crippen molar-refractivity contribution in [1.29, 1.82) is 0 Å². The van der Waals surface area contributed by atoms with Crippen LogP contribution in [0.3, 0.4) is 0 Å². The van der Waals surface area contributed by atoms with Gasteiger partial charge >= 0.3 is 5.97 Å². The van der Waals surface area contributed by atoms with Crippen molar-refractivity contribution in [3.05, 3.63) is 29.8 Å². The van der Waals surface area contributed by atoms with E-state index in [-0.39, 0.29) is 11.6 Å². The Morgan fingerprint density at radius 3 is 2.81 bits per heavy atom. The summed E-state index contributed by atoms with van der Waals surface area (Å²) in [5.41, 5.74) is 0.898. The summed E-state index contributed by atoms with van der Waals surface area (Å²) in [5.74, 6) is 1.65. The summed E-state index contributed by atoms with van der Waals surface area (Å²) in [6.45, 7) is 2.01. The van der Waals surface area contributed by atoms with Gasteiger partial charge in [0.15, 0.2) is 0 Å². The van der Waals surface area contributed by atoms with E-state index in [4.69, 9.17) is 11.5 Å². The van der Waals surface area contributed by atoms with Crippen molar-refractivity contribution in [3.8, 4) is 12.3 Å². The highest BCUT2D eigenvalue weighted by Crippen LogP contribution is 2.17. The first-order chi connectivity index (χ1) is 7.69. The largest absolute Gasteiger partial charge is 0.478 e. The number of carbonyl (C=O) groups is 1. The maximum absolute atomic E-state index is 11.0. The van der Waals surface area contributed by atoms with Gasteiger partial charge in [-0.1, -0.05) is 19.1 Å². The zero-order valence-corrected chi connectivity index (χ0v) is 9.23. The zero-order valence-electron chi connectivity index (χ0n) is 9.23. The highest BCUT2D eigenvalue weighted by atomic mass is 16.4. The first kappa shape index (κ1) is 12.1. The summed E-state index contributed by atoms with van der Waals surface area (Å²) in [4.78, 5) is 11.0. The number of carboxylic acids is 1. The molecule has 0 aliphatic carbocycles. The van der Waals surface area contributed by atoms with Gasteiger partial charge in [0.05, 0.1) is 5.56 Å². The molecule has 0 saturated carbocycles. The molecule has 0 bridgehead atoms. The van der Waals surface area contributed by atoms with Gasteiger partial charge in [-0.15, -0.1) is 12.3 Å². The Balaban J connectivity index is 2.87. The summed E-state index contributed by atoms with van der Waals surface area (Å²) in [5, 5.41) is 12.2. The molecular weight excluding hydrogens is 202 g/mol. The molecule has 16 heavy (non-hydrogen) atoms. The SMILES string of the molecule is C#CCC(CC)Nc1ccccc1C(=O)O. The van der Waals surface area contributed by atoms with Crippen LogP contribution < -0.4 is 5.32 Å². The number of carboxylic acid groups (broad SMARTS) is 1. The van der Waals surface area contributed by atoms with E-state index in [2.05, 4.69) is 11.2 Å². The normalized spacial score (nSPS) is 11.5. The predicted octanol–water partition coefficient (Wildman–Crippen LogP) is 2.60. The van der Waals surface area contributed by atoms with E-state index in [1.54, 1.807) is 24.3 Å². The van der Waals surface area contributed by atoms with Crippen LogP contribution in [0.25, 0.3) is 0 Å². The standard InChI is InChI=1S/C13H15NO2/c1-3-7-10(4-2)14-12-9-6-5-8-11(12)13(15)16/h1,5-6,8-10,14H,4,7H2,2H3,(H,15,16). The summed E-state index contributed by atoms with van der Waals surface area (Å²) in [6.07, 6.45) is 6.70. The topological polar surface area (TPSA) is 49.3 Å². The van der Waals surface area contributed by atoms with E-state index >= 15 is 0 Å². The molecule has 0 spiro atoms. The molecular formula is C13H15NO2. The molecule has 0 amide bonds. The molecule has 2 N–H and O–H groups in total. The molecule has 0 aromatic heterocycles. The average Bonchev–Trinajstić information content (AvgIpc) is 2.29. The maximum atomic E-state index is 11.0. The lowest BCUT2D eigenvalue weighted by atomic mass is 10.1. The van der Waals surface area contributed by atoms with Crippen LogP contribution in [0.2, 0.25) is 0 Å². The van der Waals surface area contributed by atoms with Crippen LogP contribution in [0.1, 0.15) is 30.1 Å². The molecule has 1 rings (SSSR count). The summed E-state index contributed by atoms with van der Waals surface area (Å²) >= 11 is 0. The zero-order chi connectivity index (χ0) is 12.0. The van der Waals surface area contributed by atoms with Gasteiger partial charge in [-0.05, 0) is 18.6 Å². The number of nitrogens with one attached hydrogen (secondary N) is 1. The number of hydrogen-bond donors (Lipinski definition) is 2. The molecule has 0 saturated heterocycles. The van der Waals surface area contributed by atoms with Crippen LogP contribution in [0.5, 0.6) is 0 Å². The van der Waals surface area contributed by atoms with Gasteiger partial charge < -0.3 is 10.4 Å². The minimum atomic E-state index is -0.932. The molecule has 84 valence electrons. The summed E-state index contributed by atoms with van der Waals surface area (Å²) < 4.78 is 0.